The predicted molar refractivity (Wildman–Crippen MR) is 54.0 cm³/mol. The molecule has 0 atom stereocenters. The van der Waals surface area contributed by atoms with Gasteiger partial charge in [0.1, 0.15) is 0 Å². The van der Waals surface area contributed by atoms with Crippen LogP contribution in [0.25, 0.3) is 0 Å². The van der Waals surface area contributed by atoms with Crippen LogP contribution in [0.5, 0.6) is 0 Å². The van der Waals surface area contributed by atoms with E-state index in [1.165, 1.54) is 24.5 Å². The number of para-hydroxylation sites is 2. The SMILES string of the molecule is O=[N+]([O-])c1ccccc1[N+](=O)[O-].c1cnon1. The zero-order valence-electron chi connectivity index (χ0n) is 8.29. The maximum atomic E-state index is 10.2. The van der Waals surface area contributed by atoms with Crippen molar-refractivity contribution < 1.29 is 14.5 Å². The Morgan fingerprint density at radius 2 is 1.35 bits per heavy atom. The molecule has 0 radical (unpaired) electrons. The summed E-state index contributed by atoms with van der Waals surface area (Å²) in [7, 11) is 0. The van der Waals surface area contributed by atoms with Gasteiger partial charge in [0.15, 0.2) is 0 Å². The normalized spacial score (nSPS) is 8.94. The molecule has 17 heavy (non-hydrogen) atoms. The highest BCUT2D eigenvalue weighted by atomic mass is 16.6. The first-order chi connectivity index (χ1) is 8.13. The fourth-order valence-corrected chi connectivity index (χ4v) is 0.909. The monoisotopic (exact) mass is 238 g/mol. The Morgan fingerprint density at radius 3 is 1.59 bits per heavy atom. The zero-order valence-corrected chi connectivity index (χ0v) is 8.29. The van der Waals surface area contributed by atoms with E-state index in [0.717, 1.165) is 12.1 Å². The first-order valence-corrected chi connectivity index (χ1v) is 4.22. The summed E-state index contributed by atoms with van der Waals surface area (Å²) in [4.78, 5) is 18.9. The van der Waals surface area contributed by atoms with E-state index in [1.54, 1.807) is 0 Å². The van der Waals surface area contributed by atoms with Gasteiger partial charge in [0, 0.05) is 12.1 Å². The molecule has 0 saturated carbocycles. The fourth-order valence-electron chi connectivity index (χ4n) is 0.909. The van der Waals surface area contributed by atoms with Gasteiger partial charge in [-0.05, 0) is 0 Å². The quantitative estimate of drug-likeness (QED) is 0.574. The summed E-state index contributed by atoms with van der Waals surface area (Å²) in [6, 6.07) is 4.95. The van der Waals surface area contributed by atoms with Crippen LogP contribution in [0.1, 0.15) is 0 Å². The average molecular weight is 238 g/mol. The van der Waals surface area contributed by atoms with Crippen LogP contribution in [0.4, 0.5) is 11.4 Å². The molecule has 0 amide bonds. The molecule has 1 aromatic carbocycles. The van der Waals surface area contributed by atoms with Crippen molar-refractivity contribution in [2.24, 2.45) is 0 Å². The van der Waals surface area contributed by atoms with Gasteiger partial charge in [-0.1, -0.05) is 22.4 Å². The van der Waals surface area contributed by atoms with Crippen molar-refractivity contribution in [1.29, 1.82) is 0 Å². The second kappa shape index (κ2) is 5.90. The molecular weight excluding hydrogens is 232 g/mol. The van der Waals surface area contributed by atoms with E-state index in [2.05, 4.69) is 14.9 Å². The standard InChI is InChI=1S/C6H4N2O4.C2H2N2O/c9-7(10)5-3-1-2-4-6(5)8(11)12;1-2-4-5-3-1/h1-4H;1-2H. The molecule has 0 aliphatic rings. The van der Waals surface area contributed by atoms with Crippen molar-refractivity contribution in [1.82, 2.24) is 10.3 Å². The molecule has 2 rings (SSSR count). The van der Waals surface area contributed by atoms with E-state index in [1.807, 2.05) is 0 Å². The Morgan fingerprint density at radius 1 is 0.941 bits per heavy atom. The molecule has 0 aliphatic carbocycles. The lowest BCUT2D eigenvalue weighted by Gasteiger charge is -1.91. The minimum absolute atomic E-state index is 0.484. The van der Waals surface area contributed by atoms with Gasteiger partial charge in [-0.3, -0.25) is 20.2 Å². The highest BCUT2D eigenvalue weighted by molar-refractivity contribution is 5.51. The zero-order chi connectivity index (χ0) is 12.7. The summed E-state index contributed by atoms with van der Waals surface area (Å²) in [6.45, 7) is 0. The Kier molecular flexibility index (Phi) is 4.25. The second-order valence-corrected chi connectivity index (χ2v) is 2.59. The van der Waals surface area contributed by atoms with Gasteiger partial charge >= 0.3 is 11.4 Å². The number of aromatic nitrogens is 2. The van der Waals surface area contributed by atoms with E-state index in [0.29, 0.717) is 0 Å². The smallest absolute Gasteiger partial charge is 0.258 e. The van der Waals surface area contributed by atoms with Gasteiger partial charge < -0.3 is 0 Å². The Hall–Kier alpha value is -2.84. The second-order valence-electron chi connectivity index (χ2n) is 2.59. The number of rotatable bonds is 2. The third-order valence-electron chi connectivity index (χ3n) is 1.56. The van der Waals surface area contributed by atoms with Gasteiger partial charge in [0.25, 0.3) is 0 Å². The number of nitrogens with zero attached hydrogens (tertiary/aromatic N) is 4. The van der Waals surface area contributed by atoms with E-state index in [9.17, 15) is 20.2 Å². The molecule has 0 unspecified atom stereocenters. The molecule has 1 aromatic heterocycles. The van der Waals surface area contributed by atoms with Crippen LogP contribution in [0.15, 0.2) is 41.3 Å². The third-order valence-corrected chi connectivity index (χ3v) is 1.56. The summed E-state index contributed by atoms with van der Waals surface area (Å²) in [5, 5.41) is 26.9. The molecule has 0 spiro atoms. The largest absolute Gasteiger partial charge is 0.346 e. The highest BCUT2D eigenvalue weighted by Crippen LogP contribution is 2.24. The Labute approximate surface area is 93.9 Å². The number of benzene rings is 1. The van der Waals surface area contributed by atoms with Crippen LogP contribution in [-0.2, 0) is 0 Å². The van der Waals surface area contributed by atoms with Crippen molar-refractivity contribution in [3.05, 3.63) is 56.9 Å². The Bertz CT molecular complexity index is 448. The average Bonchev–Trinajstić information content (AvgIpc) is 2.87. The summed E-state index contributed by atoms with van der Waals surface area (Å²) >= 11 is 0. The van der Waals surface area contributed by atoms with Crippen molar-refractivity contribution in [2.45, 2.75) is 0 Å². The summed E-state index contributed by atoms with van der Waals surface area (Å²) in [5.41, 5.74) is -0.968. The van der Waals surface area contributed by atoms with Crippen molar-refractivity contribution >= 4 is 11.4 Å². The summed E-state index contributed by atoms with van der Waals surface area (Å²) in [6.07, 6.45) is 2.94. The molecule has 0 saturated heterocycles. The van der Waals surface area contributed by atoms with E-state index in [-0.39, 0.29) is 0 Å². The molecule has 0 bridgehead atoms. The van der Waals surface area contributed by atoms with Crippen LogP contribution < -0.4 is 0 Å². The lowest BCUT2D eigenvalue weighted by Crippen LogP contribution is -1.95. The Balaban J connectivity index is 0.000000239. The number of nitro groups is 2. The van der Waals surface area contributed by atoms with Crippen LogP contribution >= 0.6 is 0 Å². The molecule has 9 heteroatoms. The molecule has 0 aliphatic heterocycles. The molecule has 2 aromatic rings. The van der Waals surface area contributed by atoms with Gasteiger partial charge in [-0.15, -0.1) is 0 Å². The molecule has 9 nitrogen and oxygen atoms in total. The van der Waals surface area contributed by atoms with Crippen molar-refractivity contribution in [2.75, 3.05) is 0 Å². The van der Waals surface area contributed by atoms with Gasteiger partial charge in [-0.2, -0.15) is 0 Å². The van der Waals surface area contributed by atoms with Crippen molar-refractivity contribution in [3.63, 3.8) is 0 Å². The first kappa shape index (κ1) is 12.2. The summed E-state index contributed by atoms with van der Waals surface area (Å²) < 4.78 is 4.08. The molecule has 0 fully saturated rings. The fraction of sp³-hybridized carbons (Fsp3) is 0. The molecule has 0 N–H and O–H groups in total. The van der Waals surface area contributed by atoms with E-state index < -0.39 is 21.2 Å². The van der Waals surface area contributed by atoms with Crippen LogP contribution in [-0.4, -0.2) is 20.2 Å². The van der Waals surface area contributed by atoms with E-state index in [4.69, 9.17) is 0 Å². The van der Waals surface area contributed by atoms with Crippen LogP contribution in [0.3, 0.4) is 0 Å². The van der Waals surface area contributed by atoms with Crippen LogP contribution in [0, 0.1) is 20.2 Å². The van der Waals surface area contributed by atoms with Crippen LogP contribution in [0.2, 0.25) is 0 Å². The van der Waals surface area contributed by atoms with Gasteiger partial charge in [0.2, 0.25) is 0 Å². The maximum absolute atomic E-state index is 10.2. The first-order valence-electron chi connectivity index (χ1n) is 4.22. The number of hydrogen-bond donors (Lipinski definition) is 0. The minimum atomic E-state index is -0.780. The molecule has 1 heterocycles. The van der Waals surface area contributed by atoms with Gasteiger partial charge in [-0.25, -0.2) is 4.63 Å². The summed E-state index contributed by atoms with van der Waals surface area (Å²) in [5.74, 6) is 0. The van der Waals surface area contributed by atoms with Gasteiger partial charge in [0.05, 0.1) is 22.2 Å². The lowest BCUT2D eigenvalue weighted by molar-refractivity contribution is -0.422. The van der Waals surface area contributed by atoms with E-state index >= 15 is 0 Å². The number of nitro benzene ring substituents is 2. The minimum Gasteiger partial charge on any atom is -0.258 e. The number of hydrogen-bond acceptors (Lipinski definition) is 7. The topological polar surface area (TPSA) is 125 Å². The van der Waals surface area contributed by atoms with Crippen molar-refractivity contribution in [3.8, 4) is 0 Å². The predicted octanol–water partition coefficient (Wildman–Crippen LogP) is 1.57. The highest BCUT2D eigenvalue weighted by Gasteiger charge is 2.21. The molecule has 88 valence electrons. The third kappa shape index (κ3) is 3.66. The maximum Gasteiger partial charge on any atom is 0.346 e. The lowest BCUT2D eigenvalue weighted by atomic mass is 10.3. The molecular formula is C8H6N4O5.